The third-order valence-corrected chi connectivity index (χ3v) is 5.40. The van der Waals surface area contributed by atoms with E-state index in [1.807, 2.05) is 31.2 Å². The van der Waals surface area contributed by atoms with Gasteiger partial charge in [-0.05, 0) is 38.5 Å². The number of hydrogen-bond acceptors (Lipinski definition) is 4. The average Bonchev–Trinajstić information content (AvgIpc) is 2.75. The summed E-state index contributed by atoms with van der Waals surface area (Å²) in [7, 11) is 0. The minimum Gasteiger partial charge on any atom is -0.484 e. The van der Waals surface area contributed by atoms with E-state index in [2.05, 4.69) is 31.3 Å². The normalized spacial score (nSPS) is 12.1. The Bertz CT molecular complexity index is 1040. The van der Waals surface area contributed by atoms with Gasteiger partial charge in [-0.1, -0.05) is 30.3 Å². The van der Waals surface area contributed by atoms with Crippen LogP contribution in [0.4, 0.5) is 0 Å². The van der Waals surface area contributed by atoms with Crippen LogP contribution in [0.3, 0.4) is 0 Å². The third kappa shape index (κ3) is 5.27. The fourth-order valence-electron chi connectivity index (χ4n) is 3.74. The van der Waals surface area contributed by atoms with Crippen molar-refractivity contribution in [2.75, 3.05) is 26.2 Å². The zero-order chi connectivity index (χ0) is 21.5. The number of carbonyl (C=O) groups excluding carboxylic acids is 1. The van der Waals surface area contributed by atoms with E-state index in [0.717, 1.165) is 24.0 Å². The molecule has 1 heterocycles. The summed E-state index contributed by atoms with van der Waals surface area (Å²) in [5, 5.41) is 3.84. The molecule has 3 aromatic rings. The fourth-order valence-corrected chi connectivity index (χ4v) is 3.74. The highest BCUT2D eigenvalue weighted by atomic mass is 16.5. The van der Waals surface area contributed by atoms with Gasteiger partial charge in [0.25, 0.3) is 5.91 Å². The lowest BCUT2D eigenvalue weighted by molar-refractivity contribution is -0.927. The van der Waals surface area contributed by atoms with Gasteiger partial charge in [0, 0.05) is 23.1 Å². The molecular weight excluding hydrogens is 380 g/mol. The molecule has 3 rings (SSSR count). The Hall–Kier alpha value is -3.12. The summed E-state index contributed by atoms with van der Waals surface area (Å²) in [5.74, 6) is 0.300. The van der Waals surface area contributed by atoms with Crippen LogP contribution < -0.4 is 20.6 Å². The number of aryl methyl sites for hydroxylation is 1. The molecule has 0 unspecified atom stereocenters. The number of carbonyl (C=O) groups is 1. The van der Waals surface area contributed by atoms with Gasteiger partial charge >= 0.3 is 5.63 Å². The average molecular weight is 410 g/mol. The number of rotatable bonds is 9. The van der Waals surface area contributed by atoms with E-state index < -0.39 is 5.63 Å². The molecule has 0 fully saturated rings. The zero-order valence-corrected chi connectivity index (χ0v) is 17.7. The van der Waals surface area contributed by atoms with Crippen molar-refractivity contribution in [2.24, 2.45) is 0 Å². The lowest BCUT2D eigenvalue weighted by atomic mass is 10.1. The predicted octanol–water partition coefficient (Wildman–Crippen LogP) is 2.26. The summed E-state index contributed by atoms with van der Waals surface area (Å²) in [6, 6.07) is 17.1. The summed E-state index contributed by atoms with van der Waals surface area (Å²) in [6.45, 7) is 8.55. The molecule has 30 heavy (non-hydrogen) atoms. The summed E-state index contributed by atoms with van der Waals surface area (Å²) in [4.78, 5) is 25.4. The molecular formula is C24H29N2O4+. The highest BCUT2D eigenvalue weighted by Crippen LogP contribution is 2.22. The topological polar surface area (TPSA) is 73.0 Å². The van der Waals surface area contributed by atoms with Gasteiger partial charge in [0.15, 0.2) is 6.61 Å². The van der Waals surface area contributed by atoms with E-state index in [4.69, 9.17) is 9.15 Å². The van der Waals surface area contributed by atoms with Gasteiger partial charge in [0.05, 0.1) is 19.6 Å². The molecule has 1 amide bonds. The number of ether oxygens (including phenoxy) is 1. The first-order valence-corrected chi connectivity index (χ1v) is 10.3. The van der Waals surface area contributed by atoms with E-state index in [1.165, 1.54) is 16.5 Å². The summed E-state index contributed by atoms with van der Waals surface area (Å²) in [6.07, 6.45) is 0. The maximum absolute atomic E-state index is 12.4. The molecule has 6 heteroatoms. The minimum atomic E-state index is -0.402. The van der Waals surface area contributed by atoms with Crippen molar-refractivity contribution in [1.29, 1.82) is 0 Å². The van der Waals surface area contributed by atoms with Gasteiger partial charge in [-0.2, -0.15) is 0 Å². The van der Waals surface area contributed by atoms with Gasteiger partial charge in [-0.3, -0.25) is 4.79 Å². The molecule has 2 aromatic carbocycles. The van der Waals surface area contributed by atoms with Crippen LogP contribution in [0.5, 0.6) is 5.75 Å². The van der Waals surface area contributed by atoms with E-state index in [-0.39, 0.29) is 18.6 Å². The maximum Gasteiger partial charge on any atom is 0.336 e. The van der Waals surface area contributed by atoms with Crippen molar-refractivity contribution in [3.8, 4) is 5.75 Å². The van der Waals surface area contributed by atoms with Gasteiger partial charge in [-0.15, -0.1) is 0 Å². The van der Waals surface area contributed by atoms with Gasteiger partial charge in [0.2, 0.25) is 0 Å². The van der Waals surface area contributed by atoms with E-state index >= 15 is 0 Å². The van der Waals surface area contributed by atoms with Gasteiger partial charge in [-0.25, -0.2) is 4.79 Å². The molecule has 0 spiro atoms. The number of amides is 1. The first-order valence-electron chi connectivity index (χ1n) is 10.3. The van der Waals surface area contributed by atoms with Crippen molar-refractivity contribution in [3.05, 3.63) is 76.1 Å². The van der Waals surface area contributed by atoms with Crippen LogP contribution in [0.25, 0.3) is 11.0 Å². The quantitative estimate of drug-likeness (QED) is 0.532. The first kappa shape index (κ1) is 21.6. The second-order valence-corrected chi connectivity index (χ2v) is 7.33. The molecule has 0 aliphatic heterocycles. The van der Waals surface area contributed by atoms with Crippen LogP contribution in [0, 0.1) is 6.92 Å². The molecule has 1 atom stereocenters. The summed E-state index contributed by atoms with van der Waals surface area (Å²) < 4.78 is 10.9. The molecule has 0 radical (unpaired) electrons. The van der Waals surface area contributed by atoms with Crippen LogP contribution in [-0.2, 0) is 4.79 Å². The number of hydrogen-bond donors (Lipinski definition) is 2. The molecule has 0 bridgehead atoms. The number of fused-ring (bicyclic) bond motifs is 1. The summed E-state index contributed by atoms with van der Waals surface area (Å²) >= 11 is 0. The van der Waals surface area contributed by atoms with Crippen molar-refractivity contribution >= 4 is 16.9 Å². The number of nitrogens with one attached hydrogen (secondary N) is 2. The number of likely N-dealkylation sites (N-methyl/N-ethyl adjacent to an activating group) is 1. The Kier molecular flexibility index (Phi) is 7.25. The SMILES string of the molecule is CC[NH+](CC)[C@@H](CNC(=O)COc1ccc2c(C)cc(=O)oc2c1)c1ccccc1. The lowest BCUT2D eigenvalue weighted by Crippen LogP contribution is -3.12. The molecule has 2 N–H and O–H groups in total. The molecule has 0 aliphatic carbocycles. The van der Waals surface area contributed by atoms with Crippen LogP contribution >= 0.6 is 0 Å². The molecule has 0 saturated carbocycles. The number of quaternary nitrogens is 1. The van der Waals surface area contributed by atoms with Crippen LogP contribution in [0.2, 0.25) is 0 Å². The van der Waals surface area contributed by atoms with Crippen LogP contribution in [0.15, 0.2) is 63.8 Å². The highest BCUT2D eigenvalue weighted by Gasteiger charge is 2.22. The Morgan fingerprint density at radius 3 is 2.53 bits per heavy atom. The Balaban J connectivity index is 1.62. The van der Waals surface area contributed by atoms with Crippen LogP contribution in [-0.4, -0.2) is 32.1 Å². The van der Waals surface area contributed by atoms with Crippen molar-refractivity contribution in [1.82, 2.24) is 5.32 Å². The van der Waals surface area contributed by atoms with E-state index in [9.17, 15) is 9.59 Å². The van der Waals surface area contributed by atoms with Gasteiger partial charge in [0.1, 0.15) is 17.4 Å². The molecule has 0 saturated heterocycles. The fraction of sp³-hybridized carbons (Fsp3) is 0.333. The van der Waals surface area contributed by atoms with Crippen LogP contribution in [0.1, 0.15) is 31.0 Å². The predicted molar refractivity (Wildman–Crippen MR) is 117 cm³/mol. The second kappa shape index (κ2) is 10.1. The molecule has 6 nitrogen and oxygen atoms in total. The number of benzene rings is 2. The molecule has 158 valence electrons. The Labute approximate surface area is 176 Å². The monoisotopic (exact) mass is 409 g/mol. The van der Waals surface area contributed by atoms with E-state index in [1.54, 1.807) is 12.1 Å². The largest absolute Gasteiger partial charge is 0.484 e. The van der Waals surface area contributed by atoms with Gasteiger partial charge < -0.3 is 19.4 Å². The Morgan fingerprint density at radius 2 is 1.83 bits per heavy atom. The van der Waals surface area contributed by atoms with E-state index in [0.29, 0.717) is 17.9 Å². The Morgan fingerprint density at radius 1 is 1.10 bits per heavy atom. The summed E-state index contributed by atoms with van der Waals surface area (Å²) in [5.41, 5.74) is 2.10. The molecule has 1 aromatic heterocycles. The highest BCUT2D eigenvalue weighted by molar-refractivity contribution is 5.81. The smallest absolute Gasteiger partial charge is 0.336 e. The minimum absolute atomic E-state index is 0.101. The van der Waals surface area contributed by atoms with Crippen molar-refractivity contribution < 1.29 is 18.8 Å². The zero-order valence-electron chi connectivity index (χ0n) is 17.7. The molecule has 0 aliphatic rings. The van der Waals surface area contributed by atoms with Crippen molar-refractivity contribution in [2.45, 2.75) is 26.8 Å². The standard InChI is InChI=1S/C24H28N2O4/c1-4-26(5-2)21(18-9-7-6-8-10-18)15-25-23(27)16-29-19-11-12-20-17(3)13-24(28)30-22(20)14-19/h6-14,21H,4-5,15-16H2,1-3H3,(H,25,27)/p+1/t21-/m0/s1. The lowest BCUT2D eigenvalue weighted by Gasteiger charge is -2.27. The second-order valence-electron chi connectivity index (χ2n) is 7.33. The maximum atomic E-state index is 12.4. The third-order valence-electron chi connectivity index (χ3n) is 5.40. The first-order chi connectivity index (χ1) is 14.5. The van der Waals surface area contributed by atoms with Crippen molar-refractivity contribution in [3.63, 3.8) is 0 Å².